The van der Waals surface area contributed by atoms with Crippen LogP contribution in [0.25, 0.3) is 0 Å². The monoisotopic (exact) mass is 375 g/mol. The van der Waals surface area contributed by atoms with E-state index >= 15 is 0 Å². The van der Waals surface area contributed by atoms with E-state index in [1.54, 1.807) is 47.4 Å². The molecule has 1 N–H and O–H groups in total. The summed E-state index contributed by atoms with van der Waals surface area (Å²) in [7, 11) is 0. The highest BCUT2D eigenvalue weighted by atomic mass is 32.1. The predicted molar refractivity (Wildman–Crippen MR) is 101 cm³/mol. The van der Waals surface area contributed by atoms with Crippen molar-refractivity contribution in [3.63, 3.8) is 0 Å². The third-order valence-corrected chi connectivity index (χ3v) is 3.82. The van der Waals surface area contributed by atoms with Gasteiger partial charge in [0.2, 0.25) is 0 Å². The van der Waals surface area contributed by atoms with E-state index in [2.05, 4.69) is 5.32 Å². The zero-order valence-corrected chi connectivity index (χ0v) is 14.7. The molecule has 2 rings (SSSR count). The summed E-state index contributed by atoms with van der Waals surface area (Å²) in [6, 6.07) is 13.7. The zero-order chi connectivity index (χ0) is 19.2. The van der Waals surface area contributed by atoms with Crippen LogP contribution in [0.2, 0.25) is 0 Å². The van der Waals surface area contributed by atoms with Crippen molar-refractivity contribution in [1.29, 1.82) is 5.26 Å². The third kappa shape index (κ3) is 5.07. The van der Waals surface area contributed by atoms with E-state index < -0.39 is 11.7 Å². The van der Waals surface area contributed by atoms with E-state index in [-0.39, 0.29) is 5.11 Å². The number of nitrogens with zero attached hydrogens (tertiary/aromatic N) is 2. The number of anilines is 2. The molecular formula is C19H16F3N3S. The molecule has 2 aromatic carbocycles. The number of allylic oxidation sites excluding steroid dienone is 1. The lowest BCUT2D eigenvalue weighted by molar-refractivity contribution is -0.137. The molecule has 26 heavy (non-hydrogen) atoms. The lowest BCUT2D eigenvalue weighted by atomic mass is 10.2. The van der Waals surface area contributed by atoms with Crippen molar-refractivity contribution in [2.45, 2.75) is 13.1 Å². The fourth-order valence-corrected chi connectivity index (χ4v) is 2.52. The standard InChI is InChI=1S/C19H16F3N3S/c1-2-3-10-25(17-9-5-7-15(12-17)19(20,21)22)18(26)24-16-8-4-6-14(11-16)13-23/h2-9,11-12H,10H2,1H3,(H,24,26)/b3-2+. The average molecular weight is 375 g/mol. The van der Waals surface area contributed by atoms with Crippen molar-refractivity contribution in [3.8, 4) is 6.07 Å². The summed E-state index contributed by atoms with van der Waals surface area (Å²) in [5, 5.41) is 12.2. The molecule has 134 valence electrons. The Kier molecular flexibility index (Phi) is 6.36. The van der Waals surface area contributed by atoms with Gasteiger partial charge < -0.3 is 10.2 Å². The largest absolute Gasteiger partial charge is 0.416 e. The van der Waals surface area contributed by atoms with Crippen molar-refractivity contribution in [2.24, 2.45) is 0 Å². The normalized spacial score (nSPS) is 11.2. The van der Waals surface area contributed by atoms with Gasteiger partial charge in [0, 0.05) is 17.9 Å². The van der Waals surface area contributed by atoms with Gasteiger partial charge in [-0.1, -0.05) is 24.3 Å². The van der Waals surface area contributed by atoms with Crippen LogP contribution in [0.1, 0.15) is 18.1 Å². The van der Waals surface area contributed by atoms with Crippen molar-refractivity contribution in [3.05, 3.63) is 71.8 Å². The van der Waals surface area contributed by atoms with Gasteiger partial charge in [0.25, 0.3) is 0 Å². The SMILES string of the molecule is C/C=C/CN(C(=S)Nc1cccc(C#N)c1)c1cccc(C(F)(F)F)c1. The summed E-state index contributed by atoms with van der Waals surface area (Å²) in [5.41, 5.74) is 0.630. The molecule has 3 nitrogen and oxygen atoms in total. The highest BCUT2D eigenvalue weighted by Gasteiger charge is 2.31. The molecule has 0 bridgehead atoms. The first kappa shape index (κ1) is 19.5. The van der Waals surface area contributed by atoms with Gasteiger partial charge in [0.1, 0.15) is 0 Å². The van der Waals surface area contributed by atoms with E-state index in [4.69, 9.17) is 17.5 Å². The van der Waals surface area contributed by atoms with Crippen LogP contribution in [0.5, 0.6) is 0 Å². The minimum Gasteiger partial charge on any atom is -0.332 e. The fourth-order valence-electron chi connectivity index (χ4n) is 2.22. The molecular weight excluding hydrogens is 359 g/mol. The van der Waals surface area contributed by atoms with Gasteiger partial charge in [-0.15, -0.1) is 0 Å². The quantitative estimate of drug-likeness (QED) is 0.577. The zero-order valence-electron chi connectivity index (χ0n) is 13.9. The van der Waals surface area contributed by atoms with E-state index in [1.807, 2.05) is 13.0 Å². The van der Waals surface area contributed by atoms with Gasteiger partial charge in [-0.2, -0.15) is 18.4 Å². The van der Waals surface area contributed by atoms with Crippen molar-refractivity contribution >= 4 is 28.7 Å². The molecule has 7 heteroatoms. The minimum absolute atomic E-state index is 0.234. The molecule has 0 heterocycles. The first-order chi connectivity index (χ1) is 12.3. The van der Waals surface area contributed by atoms with Crippen molar-refractivity contribution in [1.82, 2.24) is 0 Å². The van der Waals surface area contributed by atoms with Crippen molar-refractivity contribution < 1.29 is 13.2 Å². The van der Waals surface area contributed by atoms with Crippen LogP contribution in [0.15, 0.2) is 60.7 Å². The Morgan fingerprint density at radius 2 is 1.96 bits per heavy atom. The highest BCUT2D eigenvalue weighted by Crippen LogP contribution is 2.31. The van der Waals surface area contributed by atoms with Gasteiger partial charge in [-0.25, -0.2) is 0 Å². The molecule has 0 aliphatic carbocycles. The Hall–Kier alpha value is -2.85. The molecule has 0 atom stereocenters. The first-order valence-electron chi connectivity index (χ1n) is 7.72. The minimum atomic E-state index is -4.43. The molecule has 0 unspecified atom stereocenters. The van der Waals surface area contributed by atoms with Crippen LogP contribution in [0.3, 0.4) is 0 Å². The maximum atomic E-state index is 13.0. The van der Waals surface area contributed by atoms with Crippen LogP contribution in [-0.2, 0) is 6.18 Å². The Bertz CT molecular complexity index is 854. The van der Waals surface area contributed by atoms with E-state index in [0.29, 0.717) is 23.5 Å². The summed E-state index contributed by atoms with van der Waals surface area (Å²) in [6.45, 7) is 2.12. The topological polar surface area (TPSA) is 39.1 Å². The summed E-state index contributed by atoms with van der Waals surface area (Å²) in [6.07, 6.45) is -0.849. The van der Waals surface area contributed by atoms with Crippen LogP contribution >= 0.6 is 12.2 Å². The Labute approximate surface area is 155 Å². The third-order valence-electron chi connectivity index (χ3n) is 3.50. The Balaban J connectivity index is 2.32. The van der Waals surface area contributed by atoms with Crippen LogP contribution in [0, 0.1) is 11.3 Å². The lowest BCUT2D eigenvalue weighted by Gasteiger charge is -2.25. The predicted octanol–water partition coefficient (Wildman–Crippen LogP) is 5.36. The van der Waals surface area contributed by atoms with Crippen LogP contribution < -0.4 is 10.2 Å². The summed E-state index contributed by atoms with van der Waals surface area (Å²) < 4.78 is 39.0. The highest BCUT2D eigenvalue weighted by molar-refractivity contribution is 7.80. The average Bonchev–Trinajstić information content (AvgIpc) is 2.62. The summed E-state index contributed by atoms with van der Waals surface area (Å²) in [4.78, 5) is 1.56. The number of nitriles is 1. The lowest BCUT2D eigenvalue weighted by Crippen LogP contribution is -2.35. The molecule has 0 aliphatic rings. The second-order valence-electron chi connectivity index (χ2n) is 5.35. The van der Waals surface area contributed by atoms with E-state index in [1.165, 1.54) is 6.07 Å². The second kappa shape index (κ2) is 8.50. The number of alkyl halides is 3. The number of benzene rings is 2. The van der Waals surface area contributed by atoms with E-state index in [0.717, 1.165) is 12.1 Å². The van der Waals surface area contributed by atoms with E-state index in [9.17, 15) is 13.2 Å². The summed E-state index contributed by atoms with van der Waals surface area (Å²) in [5.74, 6) is 0. The number of rotatable bonds is 4. The molecule has 0 aliphatic heterocycles. The van der Waals surface area contributed by atoms with Gasteiger partial charge in [-0.05, 0) is 55.5 Å². The number of hydrogen-bond acceptors (Lipinski definition) is 2. The van der Waals surface area contributed by atoms with Gasteiger partial charge in [0.15, 0.2) is 5.11 Å². The number of thiocarbonyl (C=S) groups is 1. The number of halogens is 3. The number of hydrogen-bond donors (Lipinski definition) is 1. The van der Waals surface area contributed by atoms with Crippen LogP contribution in [0.4, 0.5) is 24.5 Å². The maximum Gasteiger partial charge on any atom is 0.416 e. The first-order valence-corrected chi connectivity index (χ1v) is 8.13. The Morgan fingerprint density at radius 3 is 2.62 bits per heavy atom. The molecule has 0 spiro atoms. The number of nitrogens with one attached hydrogen (secondary N) is 1. The molecule has 0 aromatic heterocycles. The molecule has 0 saturated heterocycles. The maximum absolute atomic E-state index is 13.0. The van der Waals surface area contributed by atoms with Gasteiger partial charge in [-0.3, -0.25) is 0 Å². The molecule has 0 amide bonds. The second-order valence-corrected chi connectivity index (χ2v) is 5.74. The van der Waals surface area contributed by atoms with Crippen LogP contribution in [-0.4, -0.2) is 11.7 Å². The summed E-state index contributed by atoms with van der Waals surface area (Å²) >= 11 is 5.39. The Morgan fingerprint density at radius 1 is 1.23 bits per heavy atom. The fraction of sp³-hybridized carbons (Fsp3) is 0.158. The molecule has 0 radical (unpaired) electrons. The van der Waals surface area contributed by atoms with Gasteiger partial charge in [0.05, 0.1) is 17.2 Å². The molecule has 0 saturated carbocycles. The molecule has 2 aromatic rings. The smallest absolute Gasteiger partial charge is 0.332 e. The van der Waals surface area contributed by atoms with Gasteiger partial charge >= 0.3 is 6.18 Å². The molecule has 0 fully saturated rings. The van der Waals surface area contributed by atoms with Crippen molar-refractivity contribution in [2.75, 3.05) is 16.8 Å².